The molecule has 1 aromatic carbocycles. The summed E-state index contributed by atoms with van der Waals surface area (Å²) in [6, 6.07) is 3.42. The Morgan fingerprint density at radius 3 is 2.62 bits per heavy atom. The molecule has 1 amide bonds. The average Bonchev–Trinajstić information content (AvgIpc) is 2.95. The van der Waals surface area contributed by atoms with Crippen molar-refractivity contribution in [3.05, 3.63) is 35.3 Å². The van der Waals surface area contributed by atoms with E-state index < -0.39 is 5.91 Å². The van der Waals surface area contributed by atoms with Crippen LogP contribution in [0.3, 0.4) is 0 Å². The number of nitrogens with zero attached hydrogens (tertiary/aromatic N) is 3. The predicted molar refractivity (Wildman–Crippen MR) is 92.7 cm³/mol. The highest BCUT2D eigenvalue weighted by Crippen LogP contribution is 2.40. The zero-order valence-electron chi connectivity index (χ0n) is 13.8. The lowest BCUT2D eigenvalue weighted by atomic mass is 9.93. The summed E-state index contributed by atoms with van der Waals surface area (Å²) in [5.41, 5.74) is 15.9. The first-order chi connectivity index (χ1) is 11.4. The fourth-order valence-electron chi connectivity index (χ4n) is 2.97. The molecule has 2 heterocycles. The summed E-state index contributed by atoms with van der Waals surface area (Å²) in [7, 11) is 0. The van der Waals surface area contributed by atoms with Crippen molar-refractivity contribution < 1.29 is 9.90 Å². The van der Waals surface area contributed by atoms with Crippen molar-refractivity contribution in [3.63, 3.8) is 0 Å². The third-order valence-corrected chi connectivity index (χ3v) is 4.26. The molecule has 7 nitrogen and oxygen atoms in total. The maximum absolute atomic E-state index is 11.8. The first kappa shape index (κ1) is 15.8. The van der Waals surface area contributed by atoms with Gasteiger partial charge in [-0.1, -0.05) is 6.07 Å². The highest BCUT2D eigenvalue weighted by atomic mass is 16.3. The van der Waals surface area contributed by atoms with E-state index in [1.165, 1.54) is 0 Å². The van der Waals surface area contributed by atoms with Gasteiger partial charge in [0.25, 0.3) is 5.91 Å². The van der Waals surface area contributed by atoms with Crippen molar-refractivity contribution in [1.82, 2.24) is 14.5 Å². The molecule has 0 unspecified atom stereocenters. The zero-order chi connectivity index (χ0) is 17.6. The number of hydrogen-bond acceptors (Lipinski definition) is 5. The molecule has 0 saturated carbocycles. The van der Waals surface area contributed by atoms with Crippen LogP contribution >= 0.6 is 0 Å². The van der Waals surface area contributed by atoms with Gasteiger partial charge in [0.2, 0.25) is 0 Å². The third-order valence-electron chi connectivity index (χ3n) is 4.26. The number of anilines is 1. The SMILES string of the molecule is CCn1cnc2c(-c3c(C)ccc(O)c3C)c(N)c(C(N)=O)nc21. The maximum atomic E-state index is 11.8. The van der Waals surface area contributed by atoms with Gasteiger partial charge in [0, 0.05) is 12.1 Å². The molecule has 0 atom stereocenters. The number of aromatic nitrogens is 3. The van der Waals surface area contributed by atoms with Gasteiger partial charge in [-0.05, 0) is 43.5 Å². The first-order valence-corrected chi connectivity index (χ1v) is 7.60. The van der Waals surface area contributed by atoms with Crippen LogP contribution < -0.4 is 11.5 Å². The molecule has 2 aromatic heterocycles. The second-order valence-corrected chi connectivity index (χ2v) is 5.72. The van der Waals surface area contributed by atoms with Gasteiger partial charge in [0.1, 0.15) is 11.3 Å². The van der Waals surface area contributed by atoms with Crippen LogP contribution in [0.2, 0.25) is 0 Å². The molecule has 3 aromatic rings. The van der Waals surface area contributed by atoms with E-state index in [2.05, 4.69) is 9.97 Å². The second-order valence-electron chi connectivity index (χ2n) is 5.72. The van der Waals surface area contributed by atoms with Crippen molar-refractivity contribution in [2.45, 2.75) is 27.3 Å². The molecule has 0 radical (unpaired) electrons. The van der Waals surface area contributed by atoms with Gasteiger partial charge in [0.15, 0.2) is 11.3 Å². The van der Waals surface area contributed by atoms with Crippen molar-refractivity contribution in [2.24, 2.45) is 5.73 Å². The van der Waals surface area contributed by atoms with Crippen LogP contribution in [0.5, 0.6) is 5.75 Å². The van der Waals surface area contributed by atoms with Gasteiger partial charge in [-0.25, -0.2) is 9.97 Å². The first-order valence-electron chi connectivity index (χ1n) is 7.60. The molecule has 7 heteroatoms. The van der Waals surface area contributed by atoms with Crippen LogP contribution in [0, 0.1) is 13.8 Å². The van der Waals surface area contributed by atoms with Crippen LogP contribution in [0.4, 0.5) is 5.69 Å². The van der Waals surface area contributed by atoms with Crippen LogP contribution in [-0.2, 0) is 6.54 Å². The fourth-order valence-corrected chi connectivity index (χ4v) is 2.97. The Morgan fingerprint density at radius 2 is 2.00 bits per heavy atom. The summed E-state index contributed by atoms with van der Waals surface area (Å²) in [4.78, 5) is 20.5. The number of rotatable bonds is 3. The lowest BCUT2D eigenvalue weighted by Gasteiger charge is -2.16. The summed E-state index contributed by atoms with van der Waals surface area (Å²) in [5.74, 6) is -0.550. The van der Waals surface area contributed by atoms with Crippen molar-refractivity contribution >= 4 is 22.8 Å². The minimum atomic E-state index is -0.699. The number of fused-ring (bicyclic) bond motifs is 1. The lowest BCUT2D eigenvalue weighted by molar-refractivity contribution is 0.0997. The topological polar surface area (TPSA) is 120 Å². The van der Waals surface area contributed by atoms with E-state index in [4.69, 9.17) is 11.5 Å². The molecule has 124 valence electrons. The molecular weight excluding hydrogens is 306 g/mol. The van der Waals surface area contributed by atoms with Gasteiger partial charge in [-0.3, -0.25) is 4.79 Å². The van der Waals surface area contributed by atoms with E-state index in [-0.39, 0.29) is 17.1 Å². The van der Waals surface area contributed by atoms with E-state index in [1.807, 2.05) is 18.4 Å². The number of amides is 1. The number of carbonyl (C=O) groups excluding carboxylic acids is 1. The van der Waals surface area contributed by atoms with Gasteiger partial charge in [-0.15, -0.1) is 0 Å². The Balaban J connectivity index is 2.52. The molecule has 0 aliphatic rings. The second kappa shape index (κ2) is 5.52. The molecular formula is C17H19N5O2. The predicted octanol–water partition coefficient (Wildman–Crippen LogP) is 2.12. The quantitative estimate of drug-likeness (QED) is 0.681. The number of phenols is 1. The summed E-state index contributed by atoms with van der Waals surface area (Å²) in [6.07, 6.45) is 1.65. The highest BCUT2D eigenvalue weighted by Gasteiger charge is 2.23. The zero-order valence-corrected chi connectivity index (χ0v) is 13.8. The molecule has 0 bridgehead atoms. The third kappa shape index (κ3) is 2.17. The number of carbonyl (C=O) groups is 1. The van der Waals surface area contributed by atoms with Crippen LogP contribution in [0.1, 0.15) is 28.5 Å². The van der Waals surface area contributed by atoms with Crippen LogP contribution in [0.25, 0.3) is 22.3 Å². The minimum Gasteiger partial charge on any atom is -0.508 e. The maximum Gasteiger partial charge on any atom is 0.269 e. The van der Waals surface area contributed by atoms with Crippen LogP contribution in [-0.4, -0.2) is 25.5 Å². The monoisotopic (exact) mass is 325 g/mol. The largest absolute Gasteiger partial charge is 0.508 e. The highest BCUT2D eigenvalue weighted by molar-refractivity contribution is 6.07. The standard InChI is InChI=1S/C17H19N5O2/c1-4-22-7-20-14-12(11-8(2)5-6-10(23)9(11)3)13(18)15(16(19)24)21-17(14)22/h5-7,23H,4,18H2,1-3H3,(H2,19,24). The van der Waals surface area contributed by atoms with E-state index in [0.29, 0.717) is 28.8 Å². The van der Waals surface area contributed by atoms with Crippen molar-refractivity contribution in [1.29, 1.82) is 0 Å². The number of benzene rings is 1. The van der Waals surface area contributed by atoms with Gasteiger partial charge in [-0.2, -0.15) is 0 Å². The van der Waals surface area contributed by atoms with Crippen LogP contribution in [0.15, 0.2) is 18.5 Å². The number of primary amides is 1. The van der Waals surface area contributed by atoms with Gasteiger partial charge in [0.05, 0.1) is 12.0 Å². The Labute approximate surface area is 138 Å². The Morgan fingerprint density at radius 1 is 1.29 bits per heavy atom. The summed E-state index contributed by atoms with van der Waals surface area (Å²) in [5, 5.41) is 10.1. The number of hydrogen-bond donors (Lipinski definition) is 3. The molecule has 0 aliphatic carbocycles. The van der Waals surface area contributed by atoms with Crippen molar-refractivity contribution in [2.75, 3.05) is 5.73 Å². The van der Waals surface area contributed by atoms with E-state index in [0.717, 1.165) is 11.1 Å². The Kier molecular flexibility index (Phi) is 3.63. The molecule has 5 N–H and O–H groups in total. The lowest BCUT2D eigenvalue weighted by Crippen LogP contribution is -2.17. The summed E-state index contributed by atoms with van der Waals surface area (Å²) < 4.78 is 1.82. The Bertz CT molecular complexity index is 975. The smallest absolute Gasteiger partial charge is 0.269 e. The molecule has 24 heavy (non-hydrogen) atoms. The average molecular weight is 325 g/mol. The Hall–Kier alpha value is -3.09. The number of nitrogen functional groups attached to an aromatic ring is 1. The number of pyridine rings is 1. The van der Waals surface area contributed by atoms with E-state index in [9.17, 15) is 9.90 Å². The summed E-state index contributed by atoms with van der Waals surface area (Å²) >= 11 is 0. The number of aryl methyl sites for hydroxylation is 2. The fraction of sp³-hybridized carbons (Fsp3) is 0.235. The van der Waals surface area contributed by atoms with E-state index in [1.54, 1.807) is 25.4 Å². The normalized spacial score (nSPS) is 11.1. The number of imidazole rings is 1. The van der Waals surface area contributed by atoms with Crippen molar-refractivity contribution in [3.8, 4) is 16.9 Å². The number of nitrogens with two attached hydrogens (primary N) is 2. The molecule has 0 aliphatic heterocycles. The molecule has 0 saturated heterocycles. The van der Waals surface area contributed by atoms with Gasteiger partial charge >= 0.3 is 0 Å². The number of aromatic hydroxyl groups is 1. The molecule has 3 rings (SSSR count). The minimum absolute atomic E-state index is 0.00911. The summed E-state index contributed by atoms with van der Waals surface area (Å²) in [6.45, 7) is 6.30. The van der Waals surface area contributed by atoms with Gasteiger partial charge < -0.3 is 21.1 Å². The van der Waals surface area contributed by atoms with E-state index >= 15 is 0 Å². The number of phenolic OH excluding ortho intramolecular Hbond substituents is 1. The molecule has 0 spiro atoms. The molecule has 0 fully saturated rings.